The second-order valence-corrected chi connectivity index (χ2v) is 8.72. The Labute approximate surface area is 177 Å². The van der Waals surface area contributed by atoms with E-state index in [1.54, 1.807) is 6.26 Å². The Morgan fingerprint density at radius 3 is 2.40 bits per heavy atom. The van der Waals surface area contributed by atoms with E-state index < -0.39 is 0 Å². The van der Waals surface area contributed by atoms with Gasteiger partial charge in [-0.15, -0.1) is 0 Å². The molecule has 154 valence electrons. The van der Waals surface area contributed by atoms with Crippen LogP contribution in [0.1, 0.15) is 48.0 Å². The number of amides is 1. The van der Waals surface area contributed by atoms with E-state index in [0.717, 1.165) is 23.1 Å². The molecule has 1 N–H and O–H groups in total. The van der Waals surface area contributed by atoms with Crippen LogP contribution in [0.3, 0.4) is 0 Å². The standard InChI is InChI=1S/C26H28N2O2/c1-26(2,3)21-11-9-20(10-12-21)18-28-22-14-16-30-24(22)17-23(28)25(29)27-15-13-19-7-5-4-6-8-19/h4-12,14,16-17H,13,15,18H2,1-3H3,(H,27,29). The van der Waals surface area contributed by atoms with Crippen molar-refractivity contribution >= 4 is 17.0 Å². The van der Waals surface area contributed by atoms with Crippen LogP contribution in [-0.4, -0.2) is 17.0 Å². The Morgan fingerprint density at radius 1 is 0.967 bits per heavy atom. The second kappa shape index (κ2) is 8.23. The number of carbonyl (C=O) groups excluding carboxylic acids is 1. The molecule has 0 atom stereocenters. The zero-order valence-electron chi connectivity index (χ0n) is 17.8. The van der Waals surface area contributed by atoms with E-state index in [2.05, 4.69) is 62.5 Å². The van der Waals surface area contributed by atoms with Gasteiger partial charge in [-0.25, -0.2) is 0 Å². The molecule has 2 aromatic carbocycles. The molecule has 4 heteroatoms. The van der Waals surface area contributed by atoms with Crippen LogP contribution in [0.4, 0.5) is 0 Å². The van der Waals surface area contributed by atoms with Gasteiger partial charge in [-0.1, -0.05) is 75.4 Å². The topological polar surface area (TPSA) is 47.2 Å². The van der Waals surface area contributed by atoms with Gasteiger partial charge < -0.3 is 14.3 Å². The van der Waals surface area contributed by atoms with Crippen LogP contribution in [0, 0.1) is 0 Å². The number of hydrogen-bond donors (Lipinski definition) is 1. The molecule has 4 aromatic rings. The van der Waals surface area contributed by atoms with Gasteiger partial charge in [-0.05, 0) is 28.5 Å². The first-order valence-corrected chi connectivity index (χ1v) is 10.4. The summed E-state index contributed by atoms with van der Waals surface area (Å²) in [5, 5.41) is 3.05. The molecule has 0 bridgehead atoms. The lowest BCUT2D eigenvalue weighted by Crippen LogP contribution is -2.28. The number of rotatable bonds is 6. The number of hydrogen-bond acceptors (Lipinski definition) is 2. The minimum Gasteiger partial charge on any atom is -0.463 e. The van der Waals surface area contributed by atoms with Crippen LogP contribution in [-0.2, 0) is 18.4 Å². The Balaban J connectivity index is 1.52. The maximum absolute atomic E-state index is 12.9. The number of benzene rings is 2. The highest BCUT2D eigenvalue weighted by molar-refractivity contribution is 5.97. The number of fused-ring (bicyclic) bond motifs is 1. The van der Waals surface area contributed by atoms with Gasteiger partial charge in [0.2, 0.25) is 0 Å². The fraction of sp³-hybridized carbons (Fsp3) is 0.269. The third kappa shape index (κ3) is 4.33. The number of aromatic nitrogens is 1. The summed E-state index contributed by atoms with van der Waals surface area (Å²) in [6.45, 7) is 7.84. The molecule has 0 aliphatic rings. The third-order valence-corrected chi connectivity index (χ3v) is 5.46. The summed E-state index contributed by atoms with van der Waals surface area (Å²) >= 11 is 0. The third-order valence-electron chi connectivity index (χ3n) is 5.46. The molecule has 0 fully saturated rings. The molecule has 0 saturated carbocycles. The summed E-state index contributed by atoms with van der Waals surface area (Å²) in [7, 11) is 0. The van der Waals surface area contributed by atoms with Gasteiger partial charge in [-0.2, -0.15) is 0 Å². The van der Waals surface area contributed by atoms with E-state index in [4.69, 9.17) is 4.42 Å². The highest BCUT2D eigenvalue weighted by Crippen LogP contribution is 2.25. The molecule has 2 aromatic heterocycles. The van der Waals surface area contributed by atoms with Crippen molar-refractivity contribution in [1.29, 1.82) is 0 Å². The molecule has 0 radical (unpaired) electrons. The predicted octanol–water partition coefficient (Wildman–Crippen LogP) is 5.55. The Bertz CT molecular complexity index is 1130. The van der Waals surface area contributed by atoms with E-state index in [9.17, 15) is 4.79 Å². The number of furan rings is 1. The lowest BCUT2D eigenvalue weighted by atomic mass is 9.87. The minimum absolute atomic E-state index is 0.0800. The molecule has 30 heavy (non-hydrogen) atoms. The summed E-state index contributed by atoms with van der Waals surface area (Å²) in [6, 6.07) is 22.5. The van der Waals surface area contributed by atoms with Crippen LogP contribution in [0.25, 0.3) is 11.1 Å². The molecular formula is C26H28N2O2. The number of nitrogens with zero attached hydrogens (tertiary/aromatic N) is 1. The summed E-state index contributed by atoms with van der Waals surface area (Å²) in [4.78, 5) is 12.9. The SMILES string of the molecule is CC(C)(C)c1ccc(Cn2c(C(=O)NCCc3ccccc3)cc3occc32)cc1. The van der Waals surface area contributed by atoms with Gasteiger partial charge in [0.1, 0.15) is 5.69 Å². The fourth-order valence-corrected chi connectivity index (χ4v) is 3.68. The first kappa shape index (κ1) is 20.0. The van der Waals surface area contributed by atoms with Gasteiger partial charge in [0.25, 0.3) is 5.91 Å². The molecule has 1 amide bonds. The lowest BCUT2D eigenvalue weighted by molar-refractivity contribution is 0.0945. The lowest BCUT2D eigenvalue weighted by Gasteiger charge is -2.19. The number of carbonyl (C=O) groups is 1. The zero-order chi connectivity index (χ0) is 21.1. The van der Waals surface area contributed by atoms with E-state index in [0.29, 0.717) is 18.8 Å². The summed E-state index contributed by atoms with van der Waals surface area (Å²) < 4.78 is 7.59. The molecular weight excluding hydrogens is 372 g/mol. The molecule has 4 nitrogen and oxygen atoms in total. The fourth-order valence-electron chi connectivity index (χ4n) is 3.68. The van der Waals surface area contributed by atoms with Gasteiger partial charge in [-0.3, -0.25) is 4.79 Å². The Kier molecular flexibility index (Phi) is 5.49. The number of nitrogens with one attached hydrogen (secondary N) is 1. The average Bonchev–Trinajstić information content (AvgIpc) is 3.31. The quantitative estimate of drug-likeness (QED) is 0.461. The van der Waals surface area contributed by atoms with Crippen LogP contribution < -0.4 is 5.32 Å². The van der Waals surface area contributed by atoms with Crippen LogP contribution in [0.5, 0.6) is 0 Å². The highest BCUT2D eigenvalue weighted by Gasteiger charge is 2.18. The largest absolute Gasteiger partial charge is 0.463 e. The maximum atomic E-state index is 12.9. The van der Waals surface area contributed by atoms with Crippen molar-refractivity contribution < 1.29 is 9.21 Å². The normalized spacial score (nSPS) is 11.7. The van der Waals surface area contributed by atoms with Crippen molar-refractivity contribution in [2.75, 3.05) is 6.54 Å². The average molecular weight is 401 g/mol. The molecule has 0 saturated heterocycles. The zero-order valence-corrected chi connectivity index (χ0v) is 17.8. The van der Waals surface area contributed by atoms with Crippen molar-refractivity contribution in [3.8, 4) is 0 Å². The first-order chi connectivity index (χ1) is 14.4. The molecule has 0 aliphatic heterocycles. The second-order valence-electron chi connectivity index (χ2n) is 8.72. The van der Waals surface area contributed by atoms with Crippen LogP contribution in [0.2, 0.25) is 0 Å². The van der Waals surface area contributed by atoms with Crippen LogP contribution in [0.15, 0.2) is 77.4 Å². The molecule has 0 spiro atoms. The monoisotopic (exact) mass is 400 g/mol. The van der Waals surface area contributed by atoms with Gasteiger partial charge in [0, 0.05) is 25.2 Å². The smallest absolute Gasteiger partial charge is 0.268 e. The van der Waals surface area contributed by atoms with Crippen molar-refractivity contribution in [2.24, 2.45) is 0 Å². The minimum atomic E-state index is -0.0800. The summed E-state index contributed by atoms with van der Waals surface area (Å²) in [5.74, 6) is -0.0800. The van der Waals surface area contributed by atoms with E-state index in [1.165, 1.54) is 11.1 Å². The summed E-state index contributed by atoms with van der Waals surface area (Å²) in [6.07, 6.45) is 2.47. The van der Waals surface area contributed by atoms with Gasteiger partial charge in [0.15, 0.2) is 5.58 Å². The first-order valence-electron chi connectivity index (χ1n) is 10.4. The van der Waals surface area contributed by atoms with Crippen molar-refractivity contribution in [1.82, 2.24) is 9.88 Å². The van der Waals surface area contributed by atoms with Crippen molar-refractivity contribution in [3.63, 3.8) is 0 Å². The Morgan fingerprint density at radius 2 is 1.70 bits per heavy atom. The molecule has 2 heterocycles. The maximum Gasteiger partial charge on any atom is 0.268 e. The van der Waals surface area contributed by atoms with Gasteiger partial charge in [0.05, 0.1) is 11.8 Å². The molecule has 0 aliphatic carbocycles. The van der Waals surface area contributed by atoms with Gasteiger partial charge >= 0.3 is 0 Å². The van der Waals surface area contributed by atoms with E-state index in [-0.39, 0.29) is 11.3 Å². The predicted molar refractivity (Wildman–Crippen MR) is 121 cm³/mol. The van der Waals surface area contributed by atoms with E-state index >= 15 is 0 Å². The summed E-state index contributed by atoms with van der Waals surface area (Å²) in [5.41, 5.74) is 6.06. The molecule has 0 unspecified atom stereocenters. The molecule has 4 rings (SSSR count). The van der Waals surface area contributed by atoms with E-state index in [1.807, 2.05) is 34.9 Å². The van der Waals surface area contributed by atoms with Crippen molar-refractivity contribution in [3.05, 3.63) is 95.4 Å². The Hall–Kier alpha value is -3.27. The van der Waals surface area contributed by atoms with Crippen molar-refractivity contribution in [2.45, 2.75) is 39.2 Å². The highest BCUT2D eigenvalue weighted by atomic mass is 16.3. The van der Waals surface area contributed by atoms with Crippen LogP contribution >= 0.6 is 0 Å².